The number of hydrogen-bond donors (Lipinski definition) is 1. The van der Waals surface area contributed by atoms with Crippen molar-refractivity contribution in [1.82, 2.24) is 0 Å². The van der Waals surface area contributed by atoms with E-state index in [1.54, 1.807) is 11.8 Å². The predicted molar refractivity (Wildman–Crippen MR) is 80.6 cm³/mol. The van der Waals surface area contributed by atoms with E-state index in [0.29, 0.717) is 12.2 Å². The van der Waals surface area contributed by atoms with E-state index in [-0.39, 0.29) is 6.54 Å². The van der Waals surface area contributed by atoms with Gasteiger partial charge >= 0.3 is 5.97 Å². The van der Waals surface area contributed by atoms with Crippen molar-refractivity contribution in [3.63, 3.8) is 0 Å². The smallest absolute Gasteiger partial charge is 0.308 e. The molecule has 0 spiro atoms. The van der Waals surface area contributed by atoms with Gasteiger partial charge in [-0.15, -0.1) is 0 Å². The fraction of sp³-hybridized carbons (Fsp3) is 0.235. The lowest BCUT2D eigenvalue weighted by molar-refractivity contribution is -0.140. The van der Waals surface area contributed by atoms with Crippen LogP contribution in [0, 0.1) is 17.6 Å². The Bertz CT molecular complexity index is 646. The number of carboxylic acid groups (broad SMARTS) is 1. The number of carboxylic acids is 1. The molecule has 0 aliphatic rings. The minimum atomic E-state index is -0.946. The standard InChI is InChI=1S/C17H17F2NO2/c1-12(17(21)22)10-20(11-13-5-3-2-4-6-13)14-7-8-15(18)16(19)9-14/h2-9,12H,10-11H2,1H3,(H,21,22). The zero-order valence-corrected chi connectivity index (χ0v) is 12.2. The molecule has 0 saturated heterocycles. The topological polar surface area (TPSA) is 40.5 Å². The Morgan fingerprint density at radius 3 is 2.41 bits per heavy atom. The first-order valence-electron chi connectivity index (χ1n) is 6.94. The first kappa shape index (κ1) is 15.9. The second kappa shape index (κ2) is 7.02. The van der Waals surface area contributed by atoms with Crippen molar-refractivity contribution >= 4 is 11.7 Å². The van der Waals surface area contributed by atoms with Crippen LogP contribution in [0.15, 0.2) is 48.5 Å². The van der Waals surface area contributed by atoms with E-state index >= 15 is 0 Å². The summed E-state index contributed by atoms with van der Waals surface area (Å²) in [6, 6.07) is 13.0. The molecule has 0 amide bonds. The first-order chi connectivity index (χ1) is 10.5. The number of nitrogens with zero attached hydrogens (tertiary/aromatic N) is 1. The summed E-state index contributed by atoms with van der Waals surface area (Å²) < 4.78 is 26.5. The third-order valence-electron chi connectivity index (χ3n) is 3.40. The molecule has 0 saturated carbocycles. The second-order valence-corrected chi connectivity index (χ2v) is 5.20. The minimum Gasteiger partial charge on any atom is -0.481 e. The van der Waals surface area contributed by atoms with Crippen molar-refractivity contribution < 1.29 is 18.7 Å². The number of benzene rings is 2. The summed E-state index contributed by atoms with van der Waals surface area (Å²) >= 11 is 0. The highest BCUT2D eigenvalue weighted by Gasteiger charge is 2.18. The fourth-order valence-electron chi connectivity index (χ4n) is 2.16. The van der Waals surface area contributed by atoms with E-state index in [9.17, 15) is 13.6 Å². The molecule has 0 fully saturated rings. The van der Waals surface area contributed by atoms with Crippen LogP contribution in [0.4, 0.5) is 14.5 Å². The molecule has 0 bridgehead atoms. The van der Waals surface area contributed by atoms with E-state index < -0.39 is 23.5 Å². The Labute approximate surface area is 127 Å². The molecule has 0 heterocycles. The van der Waals surface area contributed by atoms with Gasteiger partial charge in [0.25, 0.3) is 0 Å². The normalized spacial score (nSPS) is 12.0. The van der Waals surface area contributed by atoms with Gasteiger partial charge in [0, 0.05) is 24.8 Å². The van der Waals surface area contributed by atoms with Gasteiger partial charge < -0.3 is 10.0 Å². The highest BCUT2D eigenvalue weighted by atomic mass is 19.2. The first-order valence-corrected chi connectivity index (χ1v) is 6.94. The number of carbonyl (C=O) groups is 1. The highest BCUT2D eigenvalue weighted by molar-refractivity contribution is 5.70. The van der Waals surface area contributed by atoms with E-state index in [0.717, 1.165) is 17.7 Å². The number of halogens is 2. The molecule has 22 heavy (non-hydrogen) atoms. The van der Waals surface area contributed by atoms with Crippen LogP contribution in [-0.2, 0) is 11.3 Å². The molecule has 0 aliphatic heterocycles. The molecule has 2 rings (SSSR count). The van der Waals surface area contributed by atoms with Crippen LogP contribution in [0.2, 0.25) is 0 Å². The summed E-state index contributed by atoms with van der Waals surface area (Å²) in [4.78, 5) is 12.8. The molecule has 5 heteroatoms. The molecule has 1 atom stereocenters. The lowest BCUT2D eigenvalue weighted by Crippen LogP contribution is -2.31. The summed E-state index contributed by atoms with van der Waals surface area (Å²) in [7, 11) is 0. The van der Waals surface area contributed by atoms with Gasteiger partial charge in [0.15, 0.2) is 11.6 Å². The van der Waals surface area contributed by atoms with Crippen LogP contribution in [0.1, 0.15) is 12.5 Å². The Morgan fingerprint density at radius 2 is 1.82 bits per heavy atom. The van der Waals surface area contributed by atoms with Gasteiger partial charge in [-0.3, -0.25) is 4.79 Å². The van der Waals surface area contributed by atoms with E-state index in [1.807, 2.05) is 30.3 Å². The van der Waals surface area contributed by atoms with E-state index in [2.05, 4.69) is 0 Å². The molecule has 2 aromatic rings. The van der Waals surface area contributed by atoms with Crippen LogP contribution in [0.3, 0.4) is 0 Å². The molecule has 1 N–H and O–H groups in total. The third-order valence-corrected chi connectivity index (χ3v) is 3.40. The summed E-state index contributed by atoms with van der Waals surface area (Å²) in [5.74, 6) is -3.43. The number of hydrogen-bond acceptors (Lipinski definition) is 2. The van der Waals surface area contributed by atoms with Gasteiger partial charge in [0.05, 0.1) is 5.92 Å². The fourth-order valence-corrected chi connectivity index (χ4v) is 2.16. The minimum absolute atomic E-state index is 0.204. The van der Waals surface area contributed by atoms with Crippen molar-refractivity contribution in [3.05, 3.63) is 65.7 Å². The van der Waals surface area contributed by atoms with Crippen molar-refractivity contribution in [2.24, 2.45) is 5.92 Å². The lowest BCUT2D eigenvalue weighted by Gasteiger charge is -2.27. The van der Waals surface area contributed by atoms with Gasteiger partial charge in [0.2, 0.25) is 0 Å². The van der Waals surface area contributed by atoms with Gasteiger partial charge in [0.1, 0.15) is 0 Å². The molecule has 3 nitrogen and oxygen atoms in total. The van der Waals surface area contributed by atoms with Crippen molar-refractivity contribution in [1.29, 1.82) is 0 Å². The maximum atomic E-state index is 13.5. The molecular weight excluding hydrogens is 288 g/mol. The van der Waals surface area contributed by atoms with Gasteiger partial charge in [-0.05, 0) is 17.7 Å². The van der Waals surface area contributed by atoms with Crippen LogP contribution in [-0.4, -0.2) is 17.6 Å². The average molecular weight is 305 g/mol. The Hall–Kier alpha value is -2.43. The maximum absolute atomic E-state index is 13.5. The molecule has 1 unspecified atom stereocenters. The number of rotatable bonds is 6. The van der Waals surface area contributed by atoms with Gasteiger partial charge in [-0.1, -0.05) is 37.3 Å². The molecule has 0 aliphatic carbocycles. The Kier molecular flexibility index (Phi) is 5.09. The van der Waals surface area contributed by atoms with E-state index in [4.69, 9.17) is 5.11 Å². The summed E-state index contributed by atoms with van der Waals surface area (Å²) in [5.41, 5.74) is 1.42. The Balaban J connectivity index is 2.27. The largest absolute Gasteiger partial charge is 0.481 e. The summed E-state index contributed by atoms with van der Waals surface area (Å²) in [6.07, 6.45) is 0. The monoisotopic (exact) mass is 305 g/mol. The van der Waals surface area contributed by atoms with Crippen molar-refractivity contribution in [3.8, 4) is 0 Å². The SMILES string of the molecule is CC(CN(Cc1ccccc1)c1ccc(F)c(F)c1)C(=O)O. The summed E-state index contributed by atoms with van der Waals surface area (Å²) in [5, 5.41) is 9.08. The lowest BCUT2D eigenvalue weighted by atomic mass is 10.1. The van der Waals surface area contributed by atoms with Crippen molar-refractivity contribution in [2.45, 2.75) is 13.5 Å². The highest BCUT2D eigenvalue weighted by Crippen LogP contribution is 2.21. The van der Waals surface area contributed by atoms with E-state index in [1.165, 1.54) is 6.07 Å². The quantitative estimate of drug-likeness (QED) is 0.885. The van der Waals surface area contributed by atoms with Gasteiger partial charge in [-0.25, -0.2) is 8.78 Å². The predicted octanol–water partition coefficient (Wildman–Crippen LogP) is 3.69. The summed E-state index contributed by atoms with van der Waals surface area (Å²) in [6.45, 7) is 2.21. The second-order valence-electron chi connectivity index (χ2n) is 5.20. The van der Waals surface area contributed by atoms with Gasteiger partial charge in [-0.2, -0.15) is 0 Å². The molecular formula is C17H17F2NO2. The zero-order valence-electron chi connectivity index (χ0n) is 12.2. The maximum Gasteiger partial charge on any atom is 0.308 e. The third kappa shape index (κ3) is 4.04. The Morgan fingerprint density at radius 1 is 1.14 bits per heavy atom. The molecule has 2 aromatic carbocycles. The zero-order chi connectivity index (χ0) is 16.1. The van der Waals surface area contributed by atoms with Crippen LogP contribution in [0.25, 0.3) is 0 Å². The number of anilines is 1. The number of aliphatic carboxylic acids is 1. The average Bonchev–Trinajstić information content (AvgIpc) is 2.50. The van der Waals surface area contributed by atoms with Crippen molar-refractivity contribution in [2.75, 3.05) is 11.4 Å². The van der Waals surface area contributed by atoms with Crippen LogP contribution >= 0.6 is 0 Å². The molecule has 0 aromatic heterocycles. The molecule has 116 valence electrons. The van der Waals surface area contributed by atoms with Crippen LogP contribution in [0.5, 0.6) is 0 Å². The van der Waals surface area contributed by atoms with Crippen LogP contribution < -0.4 is 4.90 Å². The molecule has 0 radical (unpaired) electrons.